The molecule has 0 aromatic carbocycles. The SMILES string of the molecule is Cc1ccc(C[C@H]2CCCN(C(=O)c3ccc(=O)n(C)c3)C2)cn1. The normalized spacial score (nSPS) is 17.8. The number of piperidine rings is 1. The average molecular weight is 325 g/mol. The summed E-state index contributed by atoms with van der Waals surface area (Å²) < 4.78 is 1.45. The van der Waals surface area contributed by atoms with E-state index in [1.54, 1.807) is 19.3 Å². The highest BCUT2D eigenvalue weighted by Gasteiger charge is 2.25. The summed E-state index contributed by atoms with van der Waals surface area (Å²) >= 11 is 0. The van der Waals surface area contributed by atoms with Gasteiger partial charge in [-0.2, -0.15) is 0 Å². The van der Waals surface area contributed by atoms with Gasteiger partial charge in [-0.25, -0.2) is 0 Å². The van der Waals surface area contributed by atoms with Gasteiger partial charge in [-0.3, -0.25) is 14.6 Å². The number of likely N-dealkylation sites (tertiary alicyclic amines) is 1. The highest BCUT2D eigenvalue weighted by atomic mass is 16.2. The van der Waals surface area contributed by atoms with Gasteiger partial charge in [-0.15, -0.1) is 0 Å². The molecule has 1 aliphatic heterocycles. The summed E-state index contributed by atoms with van der Waals surface area (Å²) in [5.41, 5.74) is 2.72. The fourth-order valence-corrected chi connectivity index (χ4v) is 3.27. The van der Waals surface area contributed by atoms with Crippen molar-refractivity contribution in [3.05, 3.63) is 63.8 Å². The van der Waals surface area contributed by atoms with Gasteiger partial charge in [0, 0.05) is 44.3 Å². The van der Waals surface area contributed by atoms with Gasteiger partial charge < -0.3 is 9.47 Å². The number of hydrogen-bond donors (Lipinski definition) is 0. The summed E-state index contributed by atoms with van der Waals surface area (Å²) in [5.74, 6) is 0.470. The van der Waals surface area contributed by atoms with Crippen molar-refractivity contribution in [2.24, 2.45) is 13.0 Å². The largest absolute Gasteiger partial charge is 0.338 e. The predicted octanol–water partition coefficient (Wildman–Crippen LogP) is 2.18. The third-order valence-electron chi connectivity index (χ3n) is 4.64. The number of aromatic nitrogens is 2. The number of hydrogen-bond acceptors (Lipinski definition) is 3. The Morgan fingerprint density at radius 3 is 2.83 bits per heavy atom. The van der Waals surface area contributed by atoms with Crippen molar-refractivity contribution in [2.75, 3.05) is 13.1 Å². The smallest absolute Gasteiger partial charge is 0.255 e. The van der Waals surface area contributed by atoms with E-state index in [4.69, 9.17) is 0 Å². The maximum atomic E-state index is 12.7. The zero-order valence-corrected chi connectivity index (χ0v) is 14.2. The molecule has 2 aromatic heterocycles. The van der Waals surface area contributed by atoms with E-state index in [1.807, 2.05) is 24.1 Å². The Labute approximate surface area is 141 Å². The molecule has 0 radical (unpaired) electrons. The third-order valence-corrected chi connectivity index (χ3v) is 4.64. The number of rotatable bonds is 3. The fourth-order valence-electron chi connectivity index (χ4n) is 3.27. The number of carbonyl (C=O) groups is 1. The van der Waals surface area contributed by atoms with Crippen molar-refractivity contribution in [1.82, 2.24) is 14.5 Å². The molecule has 5 nitrogen and oxygen atoms in total. The molecular weight excluding hydrogens is 302 g/mol. The topological polar surface area (TPSA) is 55.2 Å². The Morgan fingerprint density at radius 2 is 2.12 bits per heavy atom. The Kier molecular flexibility index (Phi) is 4.79. The molecule has 1 aliphatic rings. The molecule has 0 N–H and O–H groups in total. The van der Waals surface area contributed by atoms with Gasteiger partial charge in [-0.1, -0.05) is 6.07 Å². The van der Waals surface area contributed by atoms with E-state index >= 15 is 0 Å². The molecule has 1 amide bonds. The molecule has 1 atom stereocenters. The van der Waals surface area contributed by atoms with Gasteiger partial charge in [0.15, 0.2) is 0 Å². The maximum absolute atomic E-state index is 12.7. The van der Waals surface area contributed by atoms with E-state index < -0.39 is 0 Å². The summed E-state index contributed by atoms with van der Waals surface area (Å²) in [6.45, 7) is 3.53. The molecule has 0 saturated carbocycles. The summed E-state index contributed by atoms with van der Waals surface area (Å²) in [4.78, 5) is 30.4. The van der Waals surface area contributed by atoms with Crippen LogP contribution in [0.15, 0.2) is 41.5 Å². The van der Waals surface area contributed by atoms with Gasteiger partial charge in [0.25, 0.3) is 5.91 Å². The quantitative estimate of drug-likeness (QED) is 0.869. The second-order valence-electron chi connectivity index (χ2n) is 6.64. The number of nitrogens with zero attached hydrogens (tertiary/aromatic N) is 3. The Hall–Kier alpha value is -2.43. The van der Waals surface area contributed by atoms with Gasteiger partial charge in [-0.05, 0) is 49.8 Å². The first-order valence-electron chi connectivity index (χ1n) is 8.40. The van der Waals surface area contributed by atoms with Crippen molar-refractivity contribution in [3.8, 4) is 0 Å². The van der Waals surface area contributed by atoms with E-state index in [2.05, 4.69) is 11.1 Å². The summed E-state index contributed by atoms with van der Waals surface area (Å²) in [6.07, 6.45) is 6.65. The first kappa shape index (κ1) is 16.4. The van der Waals surface area contributed by atoms with E-state index in [1.165, 1.54) is 16.2 Å². The van der Waals surface area contributed by atoms with Crippen LogP contribution in [0, 0.1) is 12.8 Å². The first-order chi connectivity index (χ1) is 11.5. The number of carbonyl (C=O) groups excluding carboxylic acids is 1. The lowest BCUT2D eigenvalue weighted by Crippen LogP contribution is -2.40. The van der Waals surface area contributed by atoms with Gasteiger partial charge in [0.05, 0.1) is 5.56 Å². The summed E-state index contributed by atoms with van der Waals surface area (Å²) in [5, 5.41) is 0. The average Bonchev–Trinajstić information content (AvgIpc) is 2.59. The molecule has 0 spiro atoms. The highest BCUT2D eigenvalue weighted by molar-refractivity contribution is 5.94. The second-order valence-corrected chi connectivity index (χ2v) is 6.64. The van der Waals surface area contributed by atoms with Gasteiger partial charge in [0.2, 0.25) is 5.56 Å². The van der Waals surface area contributed by atoms with Crippen LogP contribution in [0.4, 0.5) is 0 Å². The van der Waals surface area contributed by atoms with E-state index in [9.17, 15) is 9.59 Å². The molecule has 126 valence electrons. The van der Waals surface area contributed by atoms with Crippen LogP contribution >= 0.6 is 0 Å². The van der Waals surface area contributed by atoms with Crippen molar-refractivity contribution >= 4 is 5.91 Å². The predicted molar refractivity (Wildman–Crippen MR) is 93.0 cm³/mol. The van der Waals surface area contributed by atoms with Gasteiger partial charge in [0.1, 0.15) is 0 Å². The Morgan fingerprint density at radius 1 is 1.29 bits per heavy atom. The van der Waals surface area contributed by atoms with Crippen molar-refractivity contribution < 1.29 is 4.79 Å². The van der Waals surface area contributed by atoms with Crippen molar-refractivity contribution in [2.45, 2.75) is 26.2 Å². The fraction of sp³-hybridized carbons (Fsp3) is 0.421. The van der Waals surface area contributed by atoms with E-state index in [-0.39, 0.29) is 11.5 Å². The lowest BCUT2D eigenvalue weighted by atomic mass is 9.91. The van der Waals surface area contributed by atoms with Crippen LogP contribution in [-0.4, -0.2) is 33.4 Å². The van der Waals surface area contributed by atoms with Crippen LogP contribution < -0.4 is 5.56 Å². The third kappa shape index (κ3) is 3.72. The van der Waals surface area contributed by atoms with Crippen LogP contribution in [0.25, 0.3) is 0 Å². The molecule has 3 heterocycles. The molecule has 24 heavy (non-hydrogen) atoms. The molecule has 1 saturated heterocycles. The molecule has 0 bridgehead atoms. The van der Waals surface area contributed by atoms with E-state index in [0.717, 1.165) is 38.0 Å². The molecule has 0 aliphatic carbocycles. The monoisotopic (exact) mass is 325 g/mol. The molecular formula is C19H23N3O2. The zero-order chi connectivity index (χ0) is 17.1. The van der Waals surface area contributed by atoms with Crippen molar-refractivity contribution in [3.63, 3.8) is 0 Å². The maximum Gasteiger partial charge on any atom is 0.255 e. The minimum atomic E-state index is -0.102. The Bertz CT molecular complexity index is 780. The van der Waals surface area contributed by atoms with Crippen LogP contribution in [0.3, 0.4) is 0 Å². The molecule has 0 unspecified atom stereocenters. The summed E-state index contributed by atoms with van der Waals surface area (Å²) in [6, 6.07) is 7.23. The van der Waals surface area contributed by atoms with Gasteiger partial charge >= 0.3 is 0 Å². The molecule has 2 aromatic rings. The zero-order valence-electron chi connectivity index (χ0n) is 14.2. The van der Waals surface area contributed by atoms with Crippen LogP contribution in [-0.2, 0) is 13.5 Å². The highest BCUT2D eigenvalue weighted by Crippen LogP contribution is 2.22. The summed E-state index contributed by atoms with van der Waals surface area (Å²) in [7, 11) is 1.67. The van der Waals surface area contributed by atoms with Crippen LogP contribution in [0.2, 0.25) is 0 Å². The minimum Gasteiger partial charge on any atom is -0.338 e. The standard InChI is InChI=1S/C19H23N3O2/c1-14-5-6-15(11-20-14)10-16-4-3-9-22(12-16)19(24)17-7-8-18(23)21(2)13-17/h5-8,11,13,16H,3-4,9-10,12H2,1-2H3/t16-/m1/s1. The molecule has 3 rings (SSSR count). The lowest BCUT2D eigenvalue weighted by Gasteiger charge is -2.33. The van der Waals surface area contributed by atoms with Crippen molar-refractivity contribution in [1.29, 1.82) is 0 Å². The number of aryl methyl sites for hydroxylation is 2. The molecule has 1 fully saturated rings. The number of pyridine rings is 2. The lowest BCUT2D eigenvalue weighted by molar-refractivity contribution is 0.0672. The first-order valence-corrected chi connectivity index (χ1v) is 8.40. The molecule has 5 heteroatoms. The number of amides is 1. The Balaban J connectivity index is 1.68. The van der Waals surface area contributed by atoms with Crippen LogP contribution in [0.5, 0.6) is 0 Å². The second kappa shape index (κ2) is 6.99. The van der Waals surface area contributed by atoms with E-state index in [0.29, 0.717) is 11.5 Å². The van der Waals surface area contributed by atoms with Crippen LogP contribution in [0.1, 0.15) is 34.5 Å². The minimum absolute atomic E-state index is 0.0114.